The Bertz CT molecular complexity index is 762. The van der Waals surface area contributed by atoms with Crippen molar-refractivity contribution in [1.82, 2.24) is 5.32 Å². The van der Waals surface area contributed by atoms with Gasteiger partial charge in [-0.1, -0.05) is 17.8 Å². The molecule has 27 heavy (non-hydrogen) atoms. The average Bonchev–Trinajstić information content (AvgIpc) is 2.73. The van der Waals surface area contributed by atoms with E-state index in [0.717, 1.165) is 17.8 Å². The maximum absolute atomic E-state index is 12.6. The fraction of sp³-hybridized carbons (Fsp3) is 0.500. The average molecular weight is 401 g/mol. The molecule has 1 heterocycles. The van der Waals surface area contributed by atoms with Crippen LogP contribution in [0.25, 0.3) is 0 Å². The molecule has 1 saturated heterocycles. The molecule has 0 unspecified atom stereocenters. The highest BCUT2D eigenvalue weighted by molar-refractivity contribution is 8.13. The SMILES string of the molecule is CSC(=Nc1cc(OC(F)(F)F)ccc1B1OC(C)(C)C(C)(C)O1)NC#N. The number of thioether (sulfide) groups is 1. The fourth-order valence-electron chi connectivity index (χ4n) is 2.27. The molecule has 2 rings (SSSR count). The molecule has 146 valence electrons. The summed E-state index contributed by atoms with van der Waals surface area (Å²) in [5.74, 6) is -0.432. The van der Waals surface area contributed by atoms with Crippen molar-refractivity contribution >= 4 is 35.2 Å². The topological polar surface area (TPSA) is 75.9 Å². The summed E-state index contributed by atoms with van der Waals surface area (Å²) in [4.78, 5) is 4.24. The minimum absolute atomic E-state index is 0.141. The molecular formula is C16H19BF3N3O3S. The summed E-state index contributed by atoms with van der Waals surface area (Å²) < 4.78 is 53.6. The van der Waals surface area contributed by atoms with E-state index in [4.69, 9.17) is 14.6 Å². The van der Waals surface area contributed by atoms with Crippen LogP contribution in [0.2, 0.25) is 0 Å². The van der Waals surface area contributed by atoms with Crippen LogP contribution < -0.4 is 15.5 Å². The Morgan fingerprint density at radius 2 is 1.85 bits per heavy atom. The van der Waals surface area contributed by atoms with Crippen LogP contribution in [0.5, 0.6) is 5.75 Å². The Morgan fingerprint density at radius 1 is 1.26 bits per heavy atom. The lowest BCUT2D eigenvalue weighted by Gasteiger charge is -2.32. The summed E-state index contributed by atoms with van der Waals surface area (Å²) in [6.45, 7) is 7.45. The first-order valence-electron chi connectivity index (χ1n) is 7.91. The van der Waals surface area contributed by atoms with E-state index < -0.39 is 30.4 Å². The predicted molar refractivity (Wildman–Crippen MR) is 98.2 cm³/mol. The van der Waals surface area contributed by atoms with Gasteiger partial charge in [0.25, 0.3) is 0 Å². The number of benzene rings is 1. The summed E-state index contributed by atoms with van der Waals surface area (Å²) in [5.41, 5.74) is -0.697. The van der Waals surface area contributed by atoms with E-state index in [1.54, 1.807) is 12.4 Å². The Hall–Kier alpha value is -1.90. The molecule has 0 atom stereocenters. The first-order chi connectivity index (χ1) is 12.4. The number of rotatable bonds is 3. The highest BCUT2D eigenvalue weighted by atomic mass is 32.2. The molecule has 1 aliphatic rings. The molecule has 0 saturated carbocycles. The van der Waals surface area contributed by atoms with Crippen LogP contribution in [-0.2, 0) is 9.31 Å². The van der Waals surface area contributed by atoms with E-state index in [2.05, 4.69) is 15.0 Å². The van der Waals surface area contributed by atoms with Gasteiger partial charge in [0.15, 0.2) is 11.4 Å². The molecule has 11 heteroatoms. The van der Waals surface area contributed by atoms with Gasteiger partial charge < -0.3 is 14.0 Å². The van der Waals surface area contributed by atoms with Crippen LogP contribution >= 0.6 is 11.8 Å². The monoisotopic (exact) mass is 401 g/mol. The highest BCUT2D eigenvalue weighted by Gasteiger charge is 2.52. The molecule has 1 fully saturated rings. The molecule has 0 radical (unpaired) electrons. The number of aliphatic imine (C=N–C) groups is 1. The third kappa shape index (κ3) is 5.09. The van der Waals surface area contributed by atoms with E-state index in [9.17, 15) is 13.2 Å². The number of hydrogen-bond donors (Lipinski definition) is 1. The van der Waals surface area contributed by atoms with Crippen LogP contribution in [0.4, 0.5) is 18.9 Å². The maximum atomic E-state index is 12.6. The molecule has 6 nitrogen and oxygen atoms in total. The molecule has 0 aliphatic carbocycles. The summed E-state index contributed by atoms with van der Waals surface area (Å²) >= 11 is 1.13. The molecule has 0 spiro atoms. The second-order valence-corrected chi connectivity index (χ2v) is 7.51. The first-order valence-corrected chi connectivity index (χ1v) is 9.14. The fourth-order valence-corrected chi connectivity index (χ4v) is 2.61. The second-order valence-electron chi connectivity index (χ2n) is 6.71. The number of alkyl halides is 3. The minimum Gasteiger partial charge on any atom is -0.406 e. The van der Waals surface area contributed by atoms with Crippen molar-refractivity contribution in [3.8, 4) is 11.9 Å². The molecule has 0 bridgehead atoms. The number of ether oxygens (including phenoxy) is 1. The third-order valence-electron chi connectivity index (χ3n) is 4.32. The molecule has 0 aromatic heterocycles. The largest absolute Gasteiger partial charge is 0.573 e. The van der Waals surface area contributed by atoms with Crippen molar-refractivity contribution in [3.05, 3.63) is 18.2 Å². The van der Waals surface area contributed by atoms with Gasteiger partial charge in [-0.15, -0.1) is 13.2 Å². The van der Waals surface area contributed by atoms with Gasteiger partial charge in [0, 0.05) is 11.5 Å². The lowest BCUT2D eigenvalue weighted by atomic mass is 9.78. The van der Waals surface area contributed by atoms with Gasteiger partial charge in [-0.25, -0.2) is 4.99 Å². The summed E-state index contributed by atoms with van der Waals surface area (Å²) in [6, 6.07) is 3.71. The third-order valence-corrected chi connectivity index (χ3v) is 4.90. The molecule has 0 amide bonds. The van der Waals surface area contributed by atoms with Gasteiger partial charge in [-0.05, 0) is 40.0 Å². The van der Waals surface area contributed by atoms with Crippen molar-refractivity contribution in [2.45, 2.75) is 45.3 Å². The quantitative estimate of drug-likeness (QED) is 0.275. The molecule has 1 aromatic carbocycles. The van der Waals surface area contributed by atoms with E-state index >= 15 is 0 Å². The van der Waals surface area contributed by atoms with Gasteiger partial charge in [0.1, 0.15) is 5.75 Å². The van der Waals surface area contributed by atoms with Crippen LogP contribution in [0.3, 0.4) is 0 Å². The smallest absolute Gasteiger partial charge is 0.406 e. The van der Waals surface area contributed by atoms with E-state index in [1.807, 2.05) is 27.7 Å². The molecule has 1 N–H and O–H groups in total. The van der Waals surface area contributed by atoms with Crippen molar-refractivity contribution in [1.29, 1.82) is 5.26 Å². The Balaban J connectivity index is 2.49. The summed E-state index contributed by atoms with van der Waals surface area (Å²) in [7, 11) is -0.834. The number of hydrogen-bond acceptors (Lipinski definition) is 6. The second kappa shape index (κ2) is 7.62. The van der Waals surface area contributed by atoms with Gasteiger partial charge in [-0.3, -0.25) is 5.32 Å². The number of nitrogens with zero attached hydrogens (tertiary/aromatic N) is 2. The van der Waals surface area contributed by atoms with Crippen molar-refractivity contribution in [3.63, 3.8) is 0 Å². The zero-order chi connectivity index (χ0) is 20.5. The molecule has 1 aliphatic heterocycles. The predicted octanol–water partition coefficient (Wildman–Crippen LogP) is 3.31. The van der Waals surface area contributed by atoms with E-state index in [0.29, 0.717) is 5.46 Å². The lowest BCUT2D eigenvalue weighted by Crippen LogP contribution is -2.41. The van der Waals surface area contributed by atoms with Gasteiger partial charge >= 0.3 is 13.5 Å². The summed E-state index contributed by atoms with van der Waals surface area (Å²) in [6.07, 6.45) is -1.43. The highest BCUT2D eigenvalue weighted by Crippen LogP contribution is 2.37. The van der Waals surface area contributed by atoms with Crippen molar-refractivity contribution in [2.75, 3.05) is 6.26 Å². The molecule has 1 aromatic rings. The van der Waals surface area contributed by atoms with Crippen LogP contribution in [0.1, 0.15) is 27.7 Å². The number of nitriles is 1. The first kappa shape index (κ1) is 21.4. The van der Waals surface area contributed by atoms with Crippen molar-refractivity contribution in [2.24, 2.45) is 4.99 Å². The lowest BCUT2D eigenvalue weighted by molar-refractivity contribution is -0.274. The minimum atomic E-state index is -4.83. The van der Waals surface area contributed by atoms with E-state index in [-0.39, 0.29) is 10.9 Å². The van der Waals surface area contributed by atoms with Gasteiger partial charge in [0.2, 0.25) is 0 Å². The number of nitrogens with one attached hydrogen (secondary N) is 1. The zero-order valence-electron chi connectivity index (χ0n) is 15.5. The van der Waals surface area contributed by atoms with Crippen LogP contribution in [-0.4, -0.2) is 36.1 Å². The van der Waals surface area contributed by atoms with Crippen molar-refractivity contribution < 1.29 is 27.2 Å². The van der Waals surface area contributed by atoms with Crippen LogP contribution in [0.15, 0.2) is 23.2 Å². The standard InChI is InChI=1S/C16H19BF3N3O3S/c1-14(2)15(3,4)26-17(25-14)11-7-6-10(24-16(18,19)20)8-12(11)23-13(27-5)22-9-21/h6-8H,1-5H3,(H,22,23). The Morgan fingerprint density at radius 3 is 2.33 bits per heavy atom. The maximum Gasteiger partial charge on any atom is 0.573 e. The zero-order valence-corrected chi connectivity index (χ0v) is 16.3. The number of amidine groups is 1. The van der Waals surface area contributed by atoms with Gasteiger partial charge in [-0.2, -0.15) is 5.26 Å². The Kier molecular flexibility index (Phi) is 6.04. The van der Waals surface area contributed by atoms with Gasteiger partial charge in [0.05, 0.1) is 16.9 Å². The van der Waals surface area contributed by atoms with Crippen LogP contribution in [0, 0.1) is 11.5 Å². The normalized spacial score (nSPS) is 18.9. The Labute approximate surface area is 160 Å². The van der Waals surface area contributed by atoms with E-state index in [1.165, 1.54) is 12.1 Å². The number of halogens is 3. The summed E-state index contributed by atoms with van der Waals surface area (Å²) in [5, 5.41) is 11.4. The molecular weight excluding hydrogens is 382 g/mol.